The number of sulfonamides is 1. The van der Waals surface area contributed by atoms with Crippen molar-refractivity contribution in [1.82, 2.24) is 14.1 Å². The molecule has 1 fully saturated rings. The number of methoxy groups -OCH3 is 1. The number of hydrogen-bond acceptors (Lipinski definition) is 6. The van der Waals surface area contributed by atoms with Gasteiger partial charge in [0.1, 0.15) is 16.3 Å². The summed E-state index contributed by atoms with van der Waals surface area (Å²) in [5.74, 6) is 0.808. The summed E-state index contributed by atoms with van der Waals surface area (Å²) in [4.78, 5) is 3.32. The molecule has 0 atom stereocenters. The van der Waals surface area contributed by atoms with Gasteiger partial charge in [-0.05, 0) is 35.7 Å². The van der Waals surface area contributed by atoms with Gasteiger partial charge >= 0.3 is 0 Å². The summed E-state index contributed by atoms with van der Waals surface area (Å²) in [6.07, 6.45) is 1.60. The SMILES string of the molecule is COc1ccc(N2CCN(S(=O)(=O)c3cn(C)nc3-c3cccs3)CC2)cc1. The van der Waals surface area contributed by atoms with Crippen LogP contribution in [0.3, 0.4) is 0 Å². The zero-order valence-electron chi connectivity index (χ0n) is 15.8. The van der Waals surface area contributed by atoms with Gasteiger partial charge in [-0.2, -0.15) is 9.40 Å². The van der Waals surface area contributed by atoms with Gasteiger partial charge in [0.05, 0.1) is 12.0 Å². The van der Waals surface area contributed by atoms with Crippen LogP contribution in [0.25, 0.3) is 10.6 Å². The van der Waals surface area contributed by atoms with E-state index in [1.807, 2.05) is 41.8 Å². The predicted octanol–water partition coefficient (Wildman–Crippen LogP) is 2.67. The summed E-state index contributed by atoms with van der Waals surface area (Å²) in [5.41, 5.74) is 1.59. The van der Waals surface area contributed by atoms with Crippen molar-refractivity contribution in [3.05, 3.63) is 48.0 Å². The number of ether oxygens (including phenoxy) is 1. The monoisotopic (exact) mass is 418 g/mol. The van der Waals surface area contributed by atoms with Gasteiger partial charge in [0.2, 0.25) is 10.0 Å². The Morgan fingerprint density at radius 1 is 1.07 bits per heavy atom. The molecular formula is C19H22N4O3S2. The Morgan fingerprint density at radius 2 is 1.79 bits per heavy atom. The van der Waals surface area contributed by atoms with Gasteiger partial charge in [0, 0.05) is 45.1 Å². The number of aryl methyl sites for hydroxylation is 1. The predicted molar refractivity (Wildman–Crippen MR) is 110 cm³/mol. The number of anilines is 1. The smallest absolute Gasteiger partial charge is 0.246 e. The van der Waals surface area contributed by atoms with E-state index >= 15 is 0 Å². The lowest BCUT2D eigenvalue weighted by molar-refractivity contribution is 0.385. The first-order valence-corrected chi connectivity index (χ1v) is 11.3. The van der Waals surface area contributed by atoms with Crippen LogP contribution in [0.15, 0.2) is 52.9 Å². The van der Waals surface area contributed by atoms with E-state index in [4.69, 9.17) is 4.74 Å². The average molecular weight is 419 g/mol. The summed E-state index contributed by atoms with van der Waals surface area (Å²) in [5, 5.41) is 6.32. The third kappa shape index (κ3) is 3.52. The Morgan fingerprint density at radius 3 is 2.39 bits per heavy atom. The first-order chi connectivity index (χ1) is 13.5. The van der Waals surface area contributed by atoms with E-state index in [0.29, 0.717) is 31.9 Å². The molecule has 148 valence electrons. The topological polar surface area (TPSA) is 67.7 Å². The molecule has 1 aromatic carbocycles. The normalized spacial score (nSPS) is 15.7. The molecule has 0 amide bonds. The van der Waals surface area contributed by atoms with Crippen LogP contribution in [0.4, 0.5) is 5.69 Å². The molecule has 0 aliphatic carbocycles. The van der Waals surface area contributed by atoms with E-state index in [1.165, 1.54) is 11.3 Å². The van der Waals surface area contributed by atoms with E-state index < -0.39 is 10.0 Å². The maximum absolute atomic E-state index is 13.3. The number of hydrogen-bond donors (Lipinski definition) is 0. The summed E-state index contributed by atoms with van der Waals surface area (Å²) in [6.45, 7) is 2.15. The highest BCUT2D eigenvalue weighted by Gasteiger charge is 2.32. The number of thiophene rings is 1. The molecule has 0 radical (unpaired) electrons. The molecule has 9 heteroatoms. The molecule has 0 saturated carbocycles. The second-order valence-corrected chi connectivity index (χ2v) is 9.44. The lowest BCUT2D eigenvalue weighted by Crippen LogP contribution is -2.48. The maximum atomic E-state index is 13.3. The van der Waals surface area contributed by atoms with Crippen LogP contribution in [0, 0.1) is 0 Å². The molecule has 0 spiro atoms. The average Bonchev–Trinajstić information content (AvgIpc) is 3.38. The fraction of sp³-hybridized carbons (Fsp3) is 0.316. The molecule has 2 aromatic heterocycles. The number of piperazine rings is 1. The van der Waals surface area contributed by atoms with E-state index in [-0.39, 0.29) is 4.90 Å². The second-order valence-electron chi connectivity index (χ2n) is 6.58. The van der Waals surface area contributed by atoms with Crippen LogP contribution in [0.2, 0.25) is 0 Å². The van der Waals surface area contributed by atoms with E-state index in [0.717, 1.165) is 16.3 Å². The molecule has 0 bridgehead atoms. The van der Waals surface area contributed by atoms with Gasteiger partial charge in [0.25, 0.3) is 0 Å². The Labute approximate surface area is 168 Å². The Kier molecular flexibility index (Phi) is 5.13. The van der Waals surface area contributed by atoms with E-state index in [1.54, 1.807) is 29.3 Å². The van der Waals surface area contributed by atoms with Crippen molar-refractivity contribution >= 4 is 27.0 Å². The van der Waals surface area contributed by atoms with Crippen LogP contribution in [0.5, 0.6) is 5.75 Å². The van der Waals surface area contributed by atoms with Crippen molar-refractivity contribution < 1.29 is 13.2 Å². The molecule has 1 aliphatic heterocycles. The van der Waals surface area contributed by atoms with Crippen molar-refractivity contribution in [3.8, 4) is 16.3 Å². The standard InChI is InChI=1S/C19H22N4O3S2/c1-21-14-18(19(20-21)17-4-3-13-27-17)28(24,25)23-11-9-22(10-12-23)15-5-7-16(26-2)8-6-15/h3-8,13-14H,9-12H2,1-2H3. The van der Waals surface area contributed by atoms with Crippen LogP contribution >= 0.6 is 11.3 Å². The first-order valence-electron chi connectivity index (χ1n) is 8.96. The highest BCUT2D eigenvalue weighted by atomic mass is 32.2. The largest absolute Gasteiger partial charge is 0.497 e. The van der Waals surface area contributed by atoms with Gasteiger partial charge in [-0.15, -0.1) is 11.3 Å². The van der Waals surface area contributed by atoms with E-state index in [2.05, 4.69) is 10.00 Å². The van der Waals surface area contributed by atoms with Gasteiger partial charge in [-0.3, -0.25) is 4.68 Å². The molecule has 4 rings (SSSR count). The zero-order valence-corrected chi connectivity index (χ0v) is 17.4. The minimum Gasteiger partial charge on any atom is -0.497 e. The summed E-state index contributed by atoms with van der Waals surface area (Å²) in [7, 11) is -0.216. The third-order valence-corrected chi connectivity index (χ3v) is 7.62. The van der Waals surface area contributed by atoms with Gasteiger partial charge in [-0.1, -0.05) is 6.07 Å². The number of rotatable bonds is 5. The fourth-order valence-electron chi connectivity index (χ4n) is 3.36. The maximum Gasteiger partial charge on any atom is 0.246 e. The molecule has 7 nitrogen and oxygen atoms in total. The molecule has 0 unspecified atom stereocenters. The van der Waals surface area contributed by atoms with E-state index in [9.17, 15) is 8.42 Å². The van der Waals surface area contributed by atoms with Gasteiger partial charge in [-0.25, -0.2) is 8.42 Å². The van der Waals surface area contributed by atoms with Crippen LogP contribution in [-0.2, 0) is 17.1 Å². The highest BCUT2D eigenvalue weighted by Crippen LogP contribution is 2.32. The lowest BCUT2D eigenvalue weighted by atomic mass is 10.2. The minimum absolute atomic E-state index is 0.273. The lowest BCUT2D eigenvalue weighted by Gasteiger charge is -2.35. The Hall–Kier alpha value is -2.36. The number of benzene rings is 1. The van der Waals surface area contributed by atoms with Crippen molar-refractivity contribution in [1.29, 1.82) is 0 Å². The molecule has 28 heavy (non-hydrogen) atoms. The second kappa shape index (κ2) is 7.57. The van der Waals surface area contributed by atoms with Crippen LogP contribution in [-0.4, -0.2) is 55.8 Å². The Bertz CT molecular complexity index is 1040. The number of nitrogens with zero attached hydrogens (tertiary/aromatic N) is 4. The van der Waals surface area contributed by atoms with Gasteiger partial charge < -0.3 is 9.64 Å². The molecule has 0 N–H and O–H groups in total. The summed E-state index contributed by atoms with van der Waals surface area (Å²) < 4.78 is 34.9. The Balaban J connectivity index is 1.53. The quantitative estimate of drug-likeness (QED) is 0.637. The summed E-state index contributed by atoms with van der Waals surface area (Å²) >= 11 is 1.49. The summed E-state index contributed by atoms with van der Waals surface area (Å²) in [6, 6.07) is 11.6. The van der Waals surface area contributed by atoms with Crippen molar-refractivity contribution in [3.63, 3.8) is 0 Å². The molecule has 1 aliphatic rings. The number of aromatic nitrogens is 2. The molecule has 3 heterocycles. The van der Waals surface area contributed by atoms with Crippen molar-refractivity contribution in [2.45, 2.75) is 4.90 Å². The van der Waals surface area contributed by atoms with Crippen LogP contribution in [0.1, 0.15) is 0 Å². The van der Waals surface area contributed by atoms with Crippen molar-refractivity contribution in [2.75, 3.05) is 38.2 Å². The highest BCUT2D eigenvalue weighted by molar-refractivity contribution is 7.89. The minimum atomic E-state index is -3.60. The first kappa shape index (κ1) is 19.0. The molecular weight excluding hydrogens is 396 g/mol. The third-order valence-electron chi connectivity index (χ3n) is 4.84. The van der Waals surface area contributed by atoms with Gasteiger partial charge in [0.15, 0.2) is 0 Å². The molecule has 3 aromatic rings. The zero-order chi connectivity index (χ0) is 19.7. The molecule has 1 saturated heterocycles. The fourth-order valence-corrected chi connectivity index (χ4v) is 5.75. The van der Waals surface area contributed by atoms with Crippen molar-refractivity contribution in [2.24, 2.45) is 7.05 Å². The van der Waals surface area contributed by atoms with Crippen LogP contribution < -0.4 is 9.64 Å².